The molecule has 1 aromatic carbocycles. The molecule has 3 amide bonds. The van der Waals surface area contributed by atoms with Gasteiger partial charge in [-0.05, 0) is 49.7 Å². The number of urea groups is 1. The molecule has 1 fully saturated rings. The molecule has 10 nitrogen and oxygen atoms in total. The van der Waals surface area contributed by atoms with Crippen LogP contribution in [-0.4, -0.2) is 73.3 Å². The molecular weight excluding hydrogens is 444 g/mol. The van der Waals surface area contributed by atoms with Crippen LogP contribution in [0.4, 0.5) is 10.5 Å². The van der Waals surface area contributed by atoms with E-state index in [4.69, 9.17) is 0 Å². The Morgan fingerprint density at radius 3 is 2.36 bits per heavy atom. The summed E-state index contributed by atoms with van der Waals surface area (Å²) in [6.07, 6.45) is 3.33. The molecule has 2 aromatic rings. The lowest BCUT2D eigenvalue weighted by Crippen LogP contribution is -2.51. The zero-order valence-electron chi connectivity index (χ0n) is 18.8. The smallest absolute Gasteiger partial charge is 0.319 e. The van der Waals surface area contributed by atoms with E-state index in [2.05, 4.69) is 20.9 Å². The van der Waals surface area contributed by atoms with Crippen molar-refractivity contribution in [2.75, 3.05) is 38.0 Å². The van der Waals surface area contributed by atoms with Crippen LogP contribution in [0.1, 0.15) is 19.4 Å². The number of carbonyl (C=O) groups excluding carboxylic acids is 2. The Balaban J connectivity index is 1.50. The molecule has 2 heterocycles. The van der Waals surface area contributed by atoms with E-state index in [0.717, 1.165) is 5.56 Å². The molecule has 1 aromatic heterocycles. The monoisotopic (exact) mass is 474 g/mol. The molecule has 0 spiro atoms. The van der Waals surface area contributed by atoms with Crippen LogP contribution >= 0.6 is 0 Å². The van der Waals surface area contributed by atoms with E-state index in [1.807, 2.05) is 24.8 Å². The number of sulfonamides is 1. The van der Waals surface area contributed by atoms with Gasteiger partial charge in [-0.2, -0.15) is 4.31 Å². The summed E-state index contributed by atoms with van der Waals surface area (Å²) in [5, 5.41) is 8.25. The lowest BCUT2D eigenvalue weighted by Gasteiger charge is -2.33. The average molecular weight is 475 g/mol. The average Bonchev–Trinajstić information content (AvgIpc) is 2.78. The molecule has 1 aliphatic heterocycles. The van der Waals surface area contributed by atoms with E-state index >= 15 is 0 Å². The number of piperazine rings is 1. The zero-order valence-corrected chi connectivity index (χ0v) is 19.6. The van der Waals surface area contributed by atoms with E-state index in [1.165, 1.54) is 16.4 Å². The van der Waals surface area contributed by atoms with Gasteiger partial charge >= 0.3 is 6.03 Å². The van der Waals surface area contributed by atoms with Crippen LogP contribution in [0, 0.1) is 0 Å². The summed E-state index contributed by atoms with van der Waals surface area (Å²) in [5.41, 5.74) is 1.35. The fourth-order valence-corrected chi connectivity index (χ4v) is 4.84. The Bertz CT molecular complexity index is 1040. The third-order valence-corrected chi connectivity index (χ3v) is 6.99. The quantitative estimate of drug-likeness (QED) is 0.529. The molecule has 0 unspecified atom stereocenters. The standard InChI is InChI=1S/C22H30N6O4S/c1-17(2)25-21(29)16-27-10-12-28(13-11-27)33(31,32)20-7-5-19(6-8-20)26-22(30)24-15-18-4-3-9-23-14-18/h3-9,14,17H,10-13,15-16H2,1-2H3,(H,25,29)(H2,24,26,30). The van der Waals surface area contributed by atoms with Gasteiger partial charge < -0.3 is 16.0 Å². The fourth-order valence-electron chi connectivity index (χ4n) is 3.42. The predicted octanol–water partition coefficient (Wildman–Crippen LogP) is 1.23. The Hall–Kier alpha value is -3.02. The Morgan fingerprint density at radius 2 is 1.76 bits per heavy atom. The molecule has 3 rings (SSSR count). The van der Waals surface area contributed by atoms with Crippen LogP contribution in [0.5, 0.6) is 0 Å². The van der Waals surface area contributed by atoms with Gasteiger partial charge in [0.25, 0.3) is 0 Å². The van der Waals surface area contributed by atoms with Gasteiger partial charge in [-0.1, -0.05) is 6.07 Å². The largest absolute Gasteiger partial charge is 0.353 e. The highest BCUT2D eigenvalue weighted by atomic mass is 32.2. The second-order valence-electron chi connectivity index (χ2n) is 8.10. The van der Waals surface area contributed by atoms with Crippen molar-refractivity contribution in [1.82, 2.24) is 24.8 Å². The lowest BCUT2D eigenvalue weighted by molar-refractivity contribution is -0.123. The first-order chi connectivity index (χ1) is 15.7. The molecular formula is C22H30N6O4S. The van der Waals surface area contributed by atoms with Crippen LogP contribution in [0.25, 0.3) is 0 Å². The molecule has 178 valence electrons. The number of benzene rings is 1. The number of aromatic nitrogens is 1. The van der Waals surface area contributed by atoms with E-state index in [-0.39, 0.29) is 23.4 Å². The number of rotatable bonds is 8. The highest BCUT2D eigenvalue weighted by molar-refractivity contribution is 7.89. The fraction of sp³-hybridized carbons (Fsp3) is 0.409. The molecule has 0 atom stereocenters. The highest BCUT2D eigenvalue weighted by Crippen LogP contribution is 2.20. The number of carbonyl (C=O) groups is 2. The van der Waals surface area contributed by atoms with Crippen molar-refractivity contribution in [2.45, 2.75) is 31.3 Å². The van der Waals surface area contributed by atoms with E-state index in [9.17, 15) is 18.0 Å². The SMILES string of the molecule is CC(C)NC(=O)CN1CCN(S(=O)(=O)c2ccc(NC(=O)NCc3cccnc3)cc2)CC1. The van der Waals surface area contributed by atoms with E-state index in [1.54, 1.807) is 30.6 Å². The maximum atomic E-state index is 13.0. The molecule has 0 radical (unpaired) electrons. The normalized spacial score (nSPS) is 15.2. The molecule has 0 aliphatic carbocycles. The van der Waals surface area contributed by atoms with Gasteiger partial charge in [0.05, 0.1) is 11.4 Å². The Labute approximate surface area is 194 Å². The van der Waals surface area contributed by atoms with Gasteiger partial charge in [-0.15, -0.1) is 0 Å². The number of pyridine rings is 1. The van der Waals surface area contributed by atoms with E-state index in [0.29, 0.717) is 38.4 Å². The van der Waals surface area contributed by atoms with E-state index < -0.39 is 16.1 Å². The summed E-state index contributed by atoms with van der Waals surface area (Å²) in [6, 6.07) is 9.40. The summed E-state index contributed by atoms with van der Waals surface area (Å²) in [5.74, 6) is -0.0612. The summed E-state index contributed by atoms with van der Waals surface area (Å²) in [4.78, 5) is 30.1. The minimum absolute atomic E-state index is 0.0612. The summed E-state index contributed by atoms with van der Waals surface area (Å²) >= 11 is 0. The van der Waals surface area contributed by atoms with Crippen LogP contribution in [0.3, 0.4) is 0 Å². The molecule has 33 heavy (non-hydrogen) atoms. The van der Waals surface area contributed by atoms with Crippen molar-refractivity contribution in [2.24, 2.45) is 0 Å². The van der Waals surface area contributed by atoms with Crippen molar-refractivity contribution in [1.29, 1.82) is 0 Å². The van der Waals surface area contributed by atoms with Gasteiger partial charge in [-0.25, -0.2) is 13.2 Å². The third-order valence-electron chi connectivity index (χ3n) is 5.07. The topological polar surface area (TPSA) is 124 Å². The van der Waals surface area contributed by atoms with Crippen molar-refractivity contribution < 1.29 is 18.0 Å². The first kappa shape index (κ1) is 24.6. The number of anilines is 1. The zero-order chi connectivity index (χ0) is 23.8. The van der Waals surface area contributed by atoms with Gasteiger partial charge in [0.2, 0.25) is 15.9 Å². The lowest BCUT2D eigenvalue weighted by atomic mass is 10.3. The molecule has 0 bridgehead atoms. The summed E-state index contributed by atoms with van der Waals surface area (Å²) in [6.45, 7) is 5.99. The molecule has 3 N–H and O–H groups in total. The molecule has 1 saturated heterocycles. The highest BCUT2D eigenvalue weighted by Gasteiger charge is 2.29. The van der Waals surface area contributed by atoms with Gasteiger partial charge in [0.15, 0.2) is 0 Å². The van der Waals surface area contributed by atoms with Crippen molar-refractivity contribution in [3.63, 3.8) is 0 Å². The number of hydrogen-bond donors (Lipinski definition) is 3. The number of hydrogen-bond acceptors (Lipinski definition) is 6. The Morgan fingerprint density at radius 1 is 1.06 bits per heavy atom. The van der Waals surface area contributed by atoms with Crippen LogP contribution in [0.15, 0.2) is 53.7 Å². The number of nitrogens with zero attached hydrogens (tertiary/aromatic N) is 3. The predicted molar refractivity (Wildman–Crippen MR) is 125 cm³/mol. The van der Waals surface area contributed by atoms with Crippen molar-refractivity contribution >= 4 is 27.6 Å². The van der Waals surface area contributed by atoms with Crippen LogP contribution < -0.4 is 16.0 Å². The number of nitrogens with one attached hydrogen (secondary N) is 3. The Kier molecular flexibility index (Phi) is 8.37. The minimum Gasteiger partial charge on any atom is -0.353 e. The van der Waals surface area contributed by atoms with Gasteiger partial charge in [0, 0.05) is 56.8 Å². The summed E-state index contributed by atoms with van der Waals surface area (Å²) in [7, 11) is -3.65. The maximum absolute atomic E-state index is 13.0. The van der Waals surface area contributed by atoms with Crippen molar-refractivity contribution in [3.05, 3.63) is 54.4 Å². The third kappa shape index (κ3) is 7.24. The molecule has 0 saturated carbocycles. The van der Waals surface area contributed by atoms with Crippen LogP contribution in [0.2, 0.25) is 0 Å². The molecule has 11 heteroatoms. The minimum atomic E-state index is -3.65. The summed E-state index contributed by atoms with van der Waals surface area (Å²) < 4.78 is 27.4. The van der Waals surface area contributed by atoms with Crippen molar-refractivity contribution in [3.8, 4) is 0 Å². The van der Waals surface area contributed by atoms with Crippen LogP contribution in [-0.2, 0) is 21.4 Å². The first-order valence-corrected chi connectivity index (χ1v) is 12.2. The first-order valence-electron chi connectivity index (χ1n) is 10.8. The maximum Gasteiger partial charge on any atom is 0.319 e. The van der Waals surface area contributed by atoms with Gasteiger partial charge in [-0.3, -0.25) is 14.7 Å². The second-order valence-corrected chi connectivity index (χ2v) is 10.0. The molecule has 1 aliphatic rings. The number of amides is 3. The second kappa shape index (κ2) is 11.2. The van der Waals surface area contributed by atoms with Gasteiger partial charge in [0.1, 0.15) is 0 Å².